The van der Waals surface area contributed by atoms with Crippen LogP contribution in [0.3, 0.4) is 0 Å². The van der Waals surface area contributed by atoms with Gasteiger partial charge in [0.25, 0.3) is 5.56 Å². The maximum atomic E-state index is 13.4. The quantitative estimate of drug-likeness (QED) is 0.425. The van der Waals surface area contributed by atoms with Gasteiger partial charge >= 0.3 is 12.1 Å². The molecule has 34 heavy (non-hydrogen) atoms. The van der Waals surface area contributed by atoms with Crippen LogP contribution in [0.25, 0.3) is 22.0 Å². The first-order chi connectivity index (χ1) is 16.2. The van der Waals surface area contributed by atoms with Crippen LogP contribution in [0.5, 0.6) is 5.75 Å². The summed E-state index contributed by atoms with van der Waals surface area (Å²) in [5.74, 6) is -1.34. The third kappa shape index (κ3) is 4.36. The van der Waals surface area contributed by atoms with Crippen molar-refractivity contribution in [3.63, 3.8) is 0 Å². The van der Waals surface area contributed by atoms with Gasteiger partial charge < -0.3 is 14.4 Å². The highest BCUT2D eigenvalue weighted by Crippen LogP contribution is 2.33. The van der Waals surface area contributed by atoms with Crippen molar-refractivity contribution < 1.29 is 27.8 Å². The zero-order valence-electron chi connectivity index (χ0n) is 18.0. The van der Waals surface area contributed by atoms with Crippen molar-refractivity contribution in [1.29, 1.82) is 0 Å². The van der Waals surface area contributed by atoms with E-state index in [0.717, 1.165) is 24.8 Å². The third-order valence-electron chi connectivity index (χ3n) is 5.50. The molecule has 0 saturated carbocycles. The van der Waals surface area contributed by atoms with Gasteiger partial charge in [-0.2, -0.15) is 13.2 Å². The molecular formula is C25H19F3N2O4. The number of carbonyl (C=O) groups is 1. The summed E-state index contributed by atoms with van der Waals surface area (Å²) in [4.78, 5) is 29.4. The largest absolute Gasteiger partial charge is 0.505 e. The molecule has 6 nitrogen and oxygen atoms in total. The van der Waals surface area contributed by atoms with Gasteiger partial charge in [-0.05, 0) is 35.7 Å². The van der Waals surface area contributed by atoms with Crippen molar-refractivity contribution >= 4 is 16.9 Å². The van der Waals surface area contributed by atoms with Crippen LogP contribution >= 0.6 is 0 Å². The number of fused-ring (bicyclic) bond motifs is 1. The highest BCUT2D eigenvalue weighted by Gasteiger charge is 2.30. The number of alkyl halides is 3. The molecule has 0 aliphatic rings. The summed E-state index contributed by atoms with van der Waals surface area (Å²) in [5.41, 5.74) is -0.0818. The van der Waals surface area contributed by atoms with Crippen LogP contribution in [-0.2, 0) is 23.9 Å². The van der Waals surface area contributed by atoms with Gasteiger partial charge in [0.1, 0.15) is 0 Å². The van der Waals surface area contributed by atoms with E-state index in [0.29, 0.717) is 6.42 Å². The highest BCUT2D eigenvalue weighted by atomic mass is 19.4. The van der Waals surface area contributed by atoms with Gasteiger partial charge in [-0.15, -0.1) is 0 Å². The molecule has 0 aliphatic heterocycles. The monoisotopic (exact) mass is 468 g/mol. The minimum atomic E-state index is -4.52. The molecule has 4 aromatic rings. The van der Waals surface area contributed by atoms with Gasteiger partial charge in [-0.25, -0.2) is 9.78 Å². The molecule has 2 aromatic heterocycles. The molecule has 0 amide bonds. The summed E-state index contributed by atoms with van der Waals surface area (Å²) in [6, 6.07) is 14.9. The van der Waals surface area contributed by atoms with Gasteiger partial charge in [0, 0.05) is 17.5 Å². The first-order valence-electron chi connectivity index (χ1n) is 10.3. The topological polar surface area (TPSA) is 81.4 Å². The molecule has 9 heteroatoms. The molecule has 4 rings (SSSR count). The number of ether oxygens (including phenoxy) is 1. The zero-order chi connectivity index (χ0) is 24.5. The Bertz CT molecular complexity index is 1410. The van der Waals surface area contributed by atoms with E-state index in [-0.39, 0.29) is 34.3 Å². The van der Waals surface area contributed by atoms with Gasteiger partial charge in [0.15, 0.2) is 11.4 Å². The lowest BCUT2D eigenvalue weighted by Crippen LogP contribution is -2.24. The molecular weight excluding hydrogens is 449 g/mol. The summed E-state index contributed by atoms with van der Waals surface area (Å²) in [6.07, 6.45) is -2.74. The van der Waals surface area contributed by atoms with Crippen LogP contribution in [0.2, 0.25) is 0 Å². The number of hydrogen-bond acceptors (Lipinski definition) is 5. The van der Waals surface area contributed by atoms with Gasteiger partial charge in [0.05, 0.1) is 24.4 Å². The van der Waals surface area contributed by atoms with Gasteiger partial charge in [-0.1, -0.05) is 42.5 Å². The Labute approximate surface area is 191 Å². The lowest BCUT2D eigenvalue weighted by molar-refractivity contribution is -0.137. The van der Waals surface area contributed by atoms with E-state index < -0.39 is 29.0 Å². The first kappa shape index (κ1) is 23.0. The predicted molar refractivity (Wildman–Crippen MR) is 120 cm³/mol. The Morgan fingerprint density at radius 3 is 2.38 bits per heavy atom. The number of nitrogens with zero attached hydrogens (tertiary/aromatic N) is 2. The molecule has 0 fully saturated rings. The van der Waals surface area contributed by atoms with E-state index in [4.69, 9.17) is 0 Å². The molecule has 0 unspecified atom stereocenters. The van der Waals surface area contributed by atoms with E-state index in [1.54, 1.807) is 0 Å². The smallest absolute Gasteiger partial charge is 0.416 e. The Kier molecular flexibility index (Phi) is 6.10. The van der Waals surface area contributed by atoms with Crippen molar-refractivity contribution in [3.05, 3.63) is 94.0 Å². The van der Waals surface area contributed by atoms with Crippen LogP contribution in [0.4, 0.5) is 13.2 Å². The van der Waals surface area contributed by atoms with Crippen molar-refractivity contribution in [2.75, 3.05) is 7.11 Å². The second-order valence-corrected chi connectivity index (χ2v) is 7.57. The summed E-state index contributed by atoms with van der Waals surface area (Å²) in [6.45, 7) is 0.215. The molecule has 2 heterocycles. The van der Waals surface area contributed by atoms with Gasteiger partial charge in [0.2, 0.25) is 0 Å². The average molecular weight is 468 g/mol. The zero-order valence-corrected chi connectivity index (χ0v) is 18.0. The Morgan fingerprint density at radius 1 is 1.09 bits per heavy atom. The Balaban J connectivity index is 1.91. The average Bonchev–Trinajstić information content (AvgIpc) is 2.83. The van der Waals surface area contributed by atoms with Crippen LogP contribution in [0.15, 0.2) is 71.7 Å². The molecule has 0 bridgehead atoms. The first-order valence-corrected chi connectivity index (χ1v) is 10.3. The van der Waals surface area contributed by atoms with Crippen molar-refractivity contribution in [1.82, 2.24) is 9.55 Å². The maximum Gasteiger partial charge on any atom is 0.416 e. The molecule has 2 aromatic carbocycles. The van der Waals surface area contributed by atoms with Crippen LogP contribution < -0.4 is 5.56 Å². The molecule has 0 atom stereocenters. The fraction of sp³-hybridized carbons (Fsp3) is 0.160. The molecule has 1 N–H and O–H groups in total. The summed E-state index contributed by atoms with van der Waals surface area (Å²) in [7, 11) is 1.14. The predicted octanol–water partition coefficient (Wildman–Crippen LogP) is 4.82. The normalized spacial score (nSPS) is 11.5. The summed E-state index contributed by atoms with van der Waals surface area (Å²) in [5, 5.41) is 10.9. The standard InChI is InChI=1S/C25H19F3N2O4/c1-34-24(33)21-22(31)19-13-18(16-7-9-17(10-8-16)25(26,27)28)23(32)30(20(19)14-29-21)12-11-15-5-3-2-4-6-15/h2-10,13-14,31H,11-12H2,1H3. The Hall–Kier alpha value is -4.14. The van der Waals surface area contributed by atoms with E-state index in [9.17, 15) is 27.9 Å². The van der Waals surface area contributed by atoms with E-state index in [2.05, 4.69) is 9.72 Å². The minimum absolute atomic E-state index is 0.0756. The molecule has 0 radical (unpaired) electrons. The number of aryl methyl sites for hydroxylation is 2. The third-order valence-corrected chi connectivity index (χ3v) is 5.50. The lowest BCUT2D eigenvalue weighted by atomic mass is 10.0. The number of benzene rings is 2. The SMILES string of the molecule is COC(=O)c1ncc2c(cc(-c3ccc(C(F)(F)F)cc3)c(=O)n2CCc2ccccc2)c1O. The molecule has 0 aliphatic carbocycles. The van der Waals surface area contributed by atoms with Crippen molar-refractivity contribution in [3.8, 4) is 16.9 Å². The van der Waals surface area contributed by atoms with Crippen LogP contribution in [0, 0.1) is 0 Å². The number of esters is 1. The second-order valence-electron chi connectivity index (χ2n) is 7.57. The number of aromatic hydroxyl groups is 1. The van der Waals surface area contributed by atoms with Crippen LogP contribution in [-0.4, -0.2) is 27.7 Å². The Morgan fingerprint density at radius 2 is 1.76 bits per heavy atom. The second kappa shape index (κ2) is 9.01. The fourth-order valence-corrected chi connectivity index (χ4v) is 3.72. The number of rotatable bonds is 5. The fourth-order valence-electron chi connectivity index (χ4n) is 3.72. The number of methoxy groups -OCH3 is 1. The van der Waals surface area contributed by atoms with Crippen molar-refractivity contribution in [2.24, 2.45) is 0 Å². The number of carbonyl (C=O) groups excluding carboxylic acids is 1. The van der Waals surface area contributed by atoms with E-state index >= 15 is 0 Å². The molecule has 0 saturated heterocycles. The van der Waals surface area contributed by atoms with Crippen LogP contribution in [0.1, 0.15) is 21.6 Å². The van der Waals surface area contributed by atoms with E-state index in [1.807, 2.05) is 30.3 Å². The summed E-state index contributed by atoms with van der Waals surface area (Å²) >= 11 is 0. The summed E-state index contributed by atoms with van der Waals surface area (Å²) < 4.78 is 45.0. The van der Waals surface area contributed by atoms with E-state index in [1.165, 1.54) is 29.0 Å². The van der Waals surface area contributed by atoms with Crippen molar-refractivity contribution in [2.45, 2.75) is 19.1 Å². The number of hydrogen-bond donors (Lipinski definition) is 1. The molecule has 0 spiro atoms. The minimum Gasteiger partial charge on any atom is -0.505 e. The maximum absolute atomic E-state index is 13.4. The number of halogens is 3. The number of aromatic nitrogens is 2. The van der Waals surface area contributed by atoms with Gasteiger partial charge in [-0.3, -0.25) is 4.79 Å². The lowest BCUT2D eigenvalue weighted by Gasteiger charge is -2.15. The molecule has 174 valence electrons. The number of pyridine rings is 2. The highest BCUT2D eigenvalue weighted by molar-refractivity contribution is 5.99.